The molecule has 7 nitrogen and oxygen atoms in total. The Morgan fingerprint density at radius 3 is 2.60 bits per heavy atom. The predicted molar refractivity (Wildman–Crippen MR) is 112 cm³/mol. The Labute approximate surface area is 176 Å². The fourth-order valence-corrected chi connectivity index (χ4v) is 5.77. The van der Waals surface area contributed by atoms with E-state index in [1.54, 1.807) is 25.5 Å². The number of fused-ring (bicyclic) bond motifs is 1. The number of carbonyl (C=O) groups is 2. The van der Waals surface area contributed by atoms with Crippen molar-refractivity contribution in [2.45, 2.75) is 45.6 Å². The monoisotopic (exact) mass is 428 g/mol. The Morgan fingerprint density at radius 1 is 1.33 bits per heavy atom. The smallest absolute Gasteiger partial charge is 0.224 e. The topological polar surface area (TPSA) is 95.3 Å². The number of terminal acetylenes is 1. The van der Waals surface area contributed by atoms with Crippen LogP contribution in [0.2, 0.25) is 0 Å². The van der Waals surface area contributed by atoms with E-state index in [1.165, 1.54) is 18.3 Å². The van der Waals surface area contributed by atoms with Gasteiger partial charge in [-0.05, 0) is 38.5 Å². The molecule has 0 amide bonds. The summed E-state index contributed by atoms with van der Waals surface area (Å²) in [7, 11) is -3.63. The number of benzene rings is 1. The molecule has 2 aromatic rings. The molecule has 1 aromatic heterocycles. The van der Waals surface area contributed by atoms with Gasteiger partial charge in [0.15, 0.2) is 28.0 Å². The molecule has 0 radical (unpaired) electrons. The van der Waals surface area contributed by atoms with E-state index in [1.807, 2.05) is 13.8 Å². The first-order valence-corrected chi connectivity index (χ1v) is 11.2. The second-order valence-corrected chi connectivity index (χ2v) is 10.3. The molecule has 0 N–H and O–H groups in total. The van der Waals surface area contributed by atoms with Crippen molar-refractivity contribution in [1.29, 1.82) is 0 Å². The minimum absolute atomic E-state index is 0.0254. The zero-order chi connectivity index (χ0) is 22.4. The van der Waals surface area contributed by atoms with Crippen LogP contribution >= 0.6 is 0 Å². The first-order valence-electron chi connectivity index (χ1n) is 9.52. The van der Waals surface area contributed by atoms with Crippen LogP contribution in [0, 0.1) is 24.7 Å². The number of hydrogen-bond donors (Lipinski definition) is 0. The van der Waals surface area contributed by atoms with Crippen molar-refractivity contribution >= 4 is 21.4 Å². The number of ether oxygens (including phenoxy) is 1. The largest absolute Gasteiger partial charge is 0.464 e. The molecular weight excluding hydrogens is 404 g/mol. The van der Waals surface area contributed by atoms with Gasteiger partial charge in [-0.3, -0.25) is 9.59 Å². The van der Waals surface area contributed by atoms with Gasteiger partial charge in [0, 0.05) is 16.5 Å². The molecule has 0 saturated carbocycles. The van der Waals surface area contributed by atoms with E-state index in [9.17, 15) is 18.0 Å². The van der Waals surface area contributed by atoms with Crippen LogP contribution in [-0.4, -0.2) is 42.1 Å². The summed E-state index contributed by atoms with van der Waals surface area (Å²) in [5, 5.41) is 4.23. The van der Waals surface area contributed by atoms with Gasteiger partial charge in [-0.25, -0.2) is 13.1 Å². The highest BCUT2D eigenvalue weighted by Gasteiger charge is 2.44. The van der Waals surface area contributed by atoms with Crippen molar-refractivity contribution < 1.29 is 22.7 Å². The zero-order valence-corrected chi connectivity index (χ0v) is 18.5. The minimum Gasteiger partial charge on any atom is -0.464 e. The van der Waals surface area contributed by atoms with Crippen LogP contribution in [0.3, 0.4) is 0 Å². The standard InChI is InChI=1S/C22H24N2O5S/c1-7-10-29-21-16(11-23-24(21)13(2)3)19(25)15-8-9-17-18(14(15)4)20(26)22(5,6)12-30(17,27)28/h1,8-9,11,13H,10,12H2,2-6H3. The van der Waals surface area contributed by atoms with Crippen molar-refractivity contribution in [1.82, 2.24) is 9.78 Å². The van der Waals surface area contributed by atoms with E-state index in [2.05, 4.69) is 11.0 Å². The van der Waals surface area contributed by atoms with E-state index in [0.29, 0.717) is 5.56 Å². The van der Waals surface area contributed by atoms with Crippen LogP contribution in [-0.2, 0) is 9.84 Å². The molecule has 0 aliphatic carbocycles. The molecule has 2 heterocycles. The quantitative estimate of drug-likeness (QED) is 0.537. The lowest BCUT2D eigenvalue weighted by Crippen LogP contribution is -2.39. The Kier molecular flexibility index (Phi) is 5.37. The number of carbonyl (C=O) groups excluding carboxylic acids is 2. The minimum atomic E-state index is -3.63. The number of ketones is 2. The van der Waals surface area contributed by atoms with E-state index in [4.69, 9.17) is 11.2 Å². The molecule has 0 saturated heterocycles. The molecule has 0 spiro atoms. The molecule has 1 aliphatic rings. The Bertz CT molecular complexity index is 1200. The lowest BCUT2D eigenvalue weighted by atomic mass is 9.82. The highest BCUT2D eigenvalue weighted by molar-refractivity contribution is 7.91. The van der Waals surface area contributed by atoms with Crippen LogP contribution in [0.1, 0.15) is 65.6 Å². The summed E-state index contributed by atoms with van der Waals surface area (Å²) in [5.74, 6) is 1.64. The van der Waals surface area contributed by atoms with Crippen molar-refractivity contribution in [2.24, 2.45) is 5.41 Å². The highest BCUT2D eigenvalue weighted by atomic mass is 32.2. The third-order valence-electron chi connectivity index (χ3n) is 5.17. The summed E-state index contributed by atoms with van der Waals surface area (Å²) in [5.41, 5.74) is -0.225. The SMILES string of the molecule is C#CCOc1c(C(=O)c2ccc3c(c2C)C(=O)C(C)(C)CS3(=O)=O)cnn1C(C)C. The van der Waals surface area contributed by atoms with E-state index in [0.717, 1.165) is 0 Å². The summed E-state index contributed by atoms with van der Waals surface area (Å²) in [6.07, 6.45) is 6.69. The molecular formula is C22H24N2O5S. The van der Waals surface area contributed by atoms with E-state index >= 15 is 0 Å². The number of sulfone groups is 1. The maximum absolute atomic E-state index is 13.4. The van der Waals surface area contributed by atoms with E-state index in [-0.39, 0.29) is 51.7 Å². The number of nitrogens with zero attached hydrogens (tertiary/aromatic N) is 2. The molecule has 8 heteroatoms. The Hall–Kier alpha value is -2.92. The van der Waals surface area contributed by atoms with Crippen LogP contribution in [0.4, 0.5) is 0 Å². The van der Waals surface area contributed by atoms with Crippen molar-refractivity contribution in [2.75, 3.05) is 12.4 Å². The maximum atomic E-state index is 13.4. The van der Waals surface area contributed by atoms with Gasteiger partial charge in [0.25, 0.3) is 0 Å². The van der Waals surface area contributed by atoms with Crippen molar-refractivity contribution in [3.05, 3.63) is 40.6 Å². The Morgan fingerprint density at radius 2 is 2.00 bits per heavy atom. The van der Waals surface area contributed by atoms with Crippen molar-refractivity contribution in [3.8, 4) is 18.2 Å². The predicted octanol–water partition coefficient (Wildman–Crippen LogP) is 3.01. The van der Waals surface area contributed by atoms with Gasteiger partial charge >= 0.3 is 0 Å². The molecule has 1 aliphatic heterocycles. The lowest BCUT2D eigenvalue weighted by molar-refractivity contribution is 0.0851. The third kappa shape index (κ3) is 3.43. The fraction of sp³-hybridized carbons (Fsp3) is 0.409. The maximum Gasteiger partial charge on any atom is 0.224 e. The highest BCUT2D eigenvalue weighted by Crippen LogP contribution is 2.38. The van der Waals surface area contributed by atoms with Gasteiger partial charge in [0.05, 0.1) is 22.9 Å². The summed E-state index contributed by atoms with van der Waals surface area (Å²) < 4.78 is 32.5. The van der Waals surface area contributed by atoms with Gasteiger partial charge in [-0.1, -0.05) is 19.8 Å². The first kappa shape index (κ1) is 21.8. The second kappa shape index (κ2) is 7.40. The van der Waals surface area contributed by atoms with Gasteiger partial charge < -0.3 is 4.74 Å². The summed E-state index contributed by atoms with van der Waals surface area (Å²) in [6.45, 7) is 8.53. The van der Waals surface area contributed by atoms with Crippen LogP contribution in [0.25, 0.3) is 0 Å². The van der Waals surface area contributed by atoms with Crippen LogP contribution in [0.15, 0.2) is 23.2 Å². The lowest BCUT2D eigenvalue weighted by Gasteiger charge is -2.30. The molecule has 0 fully saturated rings. The van der Waals surface area contributed by atoms with Gasteiger partial charge in [-0.2, -0.15) is 5.10 Å². The number of rotatable bonds is 5. The number of hydrogen-bond acceptors (Lipinski definition) is 6. The molecule has 3 rings (SSSR count). The average molecular weight is 429 g/mol. The molecule has 30 heavy (non-hydrogen) atoms. The molecule has 0 atom stereocenters. The third-order valence-corrected chi connectivity index (χ3v) is 7.29. The van der Waals surface area contributed by atoms with Crippen LogP contribution in [0.5, 0.6) is 5.88 Å². The molecule has 158 valence electrons. The van der Waals surface area contributed by atoms with Gasteiger partial charge in [0.2, 0.25) is 5.88 Å². The van der Waals surface area contributed by atoms with Crippen LogP contribution < -0.4 is 4.74 Å². The molecule has 0 unspecified atom stereocenters. The van der Waals surface area contributed by atoms with Crippen molar-refractivity contribution in [3.63, 3.8) is 0 Å². The second-order valence-electron chi connectivity index (χ2n) is 8.31. The van der Waals surface area contributed by atoms with E-state index < -0.39 is 21.0 Å². The number of Topliss-reactive ketones (excluding diaryl/α,β-unsaturated/α-hetero) is 1. The van der Waals surface area contributed by atoms with Gasteiger partial charge in [-0.15, -0.1) is 6.42 Å². The number of aromatic nitrogens is 2. The Balaban J connectivity index is 2.18. The summed E-state index contributed by atoms with van der Waals surface area (Å²) in [4.78, 5) is 26.4. The normalized spacial score (nSPS) is 16.8. The van der Waals surface area contributed by atoms with Gasteiger partial charge in [0.1, 0.15) is 5.56 Å². The molecule has 0 bridgehead atoms. The first-order chi connectivity index (χ1) is 13.9. The zero-order valence-electron chi connectivity index (χ0n) is 17.6. The fourth-order valence-electron chi connectivity index (χ4n) is 3.70. The average Bonchev–Trinajstić information content (AvgIpc) is 3.07. The summed E-state index contributed by atoms with van der Waals surface area (Å²) in [6, 6.07) is 2.71. The summed E-state index contributed by atoms with van der Waals surface area (Å²) >= 11 is 0. The molecule has 1 aromatic carbocycles.